The van der Waals surface area contributed by atoms with Gasteiger partial charge >= 0.3 is 5.97 Å². The van der Waals surface area contributed by atoms with Crippen LogP contribution >= 0.6 is 11.8 Å². The maximum Gasteiger partial charge on any atom is 0.319 e. The number of nitrogens with zero attached hydrogens (tertiary/aromatic N) is 4. The van der Waals surface area contributed by atoms with Gasteiger partial charge in [0.15, 0.2) is 0 Å². The van der Waals surface area contributed by atoms with Gasteiger partial charge in [-0.25, -0.2) is 0 Å². The smallest absolute Gasteiger partial charge is 0.319 e. The van der Waals surface area contributed by atoms with Gasteiger partial charge in [0, 0.05) is 12.6 Å². The van der Waals surface area contributed by atoms with Crippen molar-refractivity contribution in [1.29, 1.82) is 0 Å². The zero-order chi connectivity index (χ0) is 16.8. The first-order valence-electron chi connectivity index (χ1n) is 7.01. The highest BCUT2D eigenvalue weighted by atomic mass is 32.2. The van der Waals surface area contributed by atoms with E-state index in [1.54, 1.807) is 38.1 Å². The predicted molar refractivity (Wildman–Crippen MR) is 85.4 cm³/mol. The molecule has 1 heterocycles. The molecule has 8 nitrogen and oxygen atoms in total. The topological polar surface area (TPSA) is 99.0 Å². The summed E-state index contributed by atoms with van der Waals surface area (Å²) in [7, 11) is 0. The lowest BCUT2D eigenvalue weighted by molar-refractivity contribution is -0.142. The number of anilines is 1. The molecule has 0 spiro atoms. The zero-order valence-electron chi connectivity index (χ0n) is 13.0. The van der Waals surface area contributed by atoms with Gasteiger partial charge in [0.25, 0.3) is 0 Å². The molecule has 0 saturated carbocycles. The van der Waals surface area contributed by atoms with Crippen LogP contribution in [0, 0.1) is 0 Å². The van der Waals surface area contributed by atoms with Crippen LogP contribution in [0.3, 0.4) is 0 Å². The molecule has 2 aromatic rings. The van der Waals surface area contributed by atoms with Crippen LogP contribution in [0.4, 0.5) is 5.69 Å². The van der Waals surface area contributed by atoms with Gasteiger partial charge in [-0.1, -0.05) is 17.8 Å². The molecule has 0 unspecified atom stereocenters. The number of tetrazole rings is 1. The Morgan fingerprint density at radius 2 is 2.22 bits per heavy atom. The summed E-state index contributed by atoms with van der Waals surface area (Å²) in [5.41, 5.74) is 1.32. The number of hydrogen-bond donors (Lipinski definition) is 1. The van der Waals surface area contributed by atoms with E-state index in [0.29, 0.717) is 23.1 Å². The summed E-state index contributed by atoms with van der Waals surface area (Å²) in [5.74, 6) is -0.483. The molecule has 0 fully saturated rings. The predicted octanol–water partition coefficient (Wildman–Crippen LogP) is 1.66. The Morgan fingerprint density at radius 1 is 1.43 bits per heavy atom. The average Bonchev–Trinajstić information content (AvgIpc) is 2.95. The molecule has 1 aromatic heterocycles. The van der Waals surface area contributed by atoms with Crippen LogP contribution in [0.1, 0.15) is 20.8 Å². The number of thioether (sulfide) groups is 1. The number of aromatic nitrogens is 4. The molecule has 0 aliphatic carbocycles. The van der Waals surface area contributed by atoms with Crippen LogP contribution in [0.2, 0.25) is 0 Å². The van der Waals surface area contributed by atoms with Crippen molar-refractivity contribution in [2.75, 3.05) is 11.9 Å². The second-order valence-electron chi connectivity index (χ2n) is 4.62. The van der Waals surface area contributed by atoms with Crippen molar-refractivity contribution < 1.29 is 14.3 Å². The number of hydrogen-bond acceptors (Lipinski definition) is 7. The molecule has 23 heavy (non-hydrogen) atoms. The highest BCUT2D eigenvalue weighted by Crippen LogP contribution is 2.24. The van der Waals surface area contributed by atoms with Crippen molar-refractivity contribution in [1.82, 2.24) is 20.2 Å². The molecule has 0 aliphatic rings. The van der Waals surface area contributed by atoms with Gasteiger partial charge in [-0.05, 0) is 42.5 Å². The summed E-state index contributed by atoms with van der Waals surface area (Å²) in [6.07, 6.45) is 0. The van der Waals surface area contributed by atoms with Crippen LogP contribution in [0.15, 0.2) is 29.4 Å². The Hall–Kier alpha value is -2.42. The summed E-state index contributed by atoms with van der Waals surface area (Å²) in [6.45, 7) is 5.25. The SMILES string of the molecule is CCOC(=O)[C@H](C)Sc1nnnn1-c1cccc(NC(C)=O)c1. The number of amides is 1. The Kier molecular flexibility index (Phi) is 5.69. The maximum absolute atomic E-state index is 11.7. The Labute approximate surface area is 137 Å². The lowest BCUT2D eigenvalue weighted by Crippen LogP contribution is -2.17. The van der Waals surface area contributed by atoms with Gasteiger partial charge in [-0.2, -0.15) is 4.68 Å². The first kappa shape index (κ1) is 16.9. The fraction of sp³-hybridized carbons (Fsp3) is 0.357. The minimum Gasteiger partial charge on any atom is -0.465 e. The average molecular weight is 335 g/mol. The second kappa shape index (κ2) is 7.73. The molecular formula is C14H17N5O3S. The third-order valence-electron chi connectivity index (χ3n) is 2.75. The van der Waals surface area contributed by atoms with Crippen LogP contribution in [0.5, 0.6) is 0 Å². The number of ether oxygens (including phenoxy) is 1. The summed E-state index contributed by atoms with van der Waals surface area (Å²) in [4.78, 5) is 22.9. The summed E-state index contributed by atoms with van der Waals surface area (Å²) in [5, 5.41) is 14.3. The van der Waals surface area contributed by atoms with E-state index < -0.39 is 5.25 Å². The van der Waals surface area contributed by atoms with Crippen molar-refractivity contribution in [3.63, 3.8) is 0 Å². The number of carbonyl (C=O) groups excluding carboxylic acids is 2. The molecule has 1 aromatic carbocycles. The standard InChI is InChI=1S/C14H17N5O3S/c1-4-22-13(21)9(2)23-14-16-17-18-19(14)12-7-5-6-11(8-12)15-10(3)20/h5-9H,4H2,1-3H3,(H,15,20)/t9-/m0/s1. The van der Waals surface area contributed by atoms with Gasteiger partial charge in [0.1, 0.15) is 5.25 Å². The third kappa shape index (κ3) is 4.52. The molecule has 1 N–H and O–H groups in total. The van der Waals surface area contributed by atoms with E-state index in [1.807, 2.05) is 0 Å². The second-order valence-corrected chi connectivity index (χ2v) is 5.92. The minimum absolute atomic E-state index is 0.163. The summed E-state index contributed by atoms with van der Waals surface area (Å²) >= 11 is 1.20. The lowest BCUT2D eigenvalue weighted by Gasteiger charge is -2.10. The first-order chi connectivity index (χ1) is 11.0. The molecule has 2 rings (SSSR count). The number of esters is 1. The Morgan fingerprint density at radius 3 is 2.91 bits per heavy atom. The van der Waals surface area contributed by atoms with E-state index in [9.17, 15) is 9.59 Å². The third-order valence-corrected chi connectivity index (χ3v) is 3.76. The molecule has 0 aliphatic heterocycles. The monoisotopic (exact) mass is 335 g/mol. The normalized spacial score (nSPS) is 11.8. The lowest BCUT2D eigenvalue weighted by atomic mass is 10.3. The quantitative estimate of drug-likeness (QED) is 0.633. The van der Waals surface area contributed by atoms with Crippen LogP contribution in [-0.2, 0) is 14.3 Å². The Bertz CT molecular complexity index is 703. The van der Waals surface area contributed by atoms with Gasteiger partial charge in [0.05, 0.1) is 12.3 Å². The van der Waals surface area contributed by atoms with E-state index in [2.05, 4.69) is 20.8 Å². The van der Waals surface area contributed by atoms with Crippen molar-refractivity contribution in [3.05, 3.63) is 24.3 Å². The van der Waals surface area contributed by atoms with Crippen molar-refractivity contribution >= 4 is 29.3 Å². The van der Waals surface area contributed by atoms with E-state index in [1.165, 1.54) is 23.4 Å². The molecule has 0 bridgehead atoms. The number of rotatable bonds is 6. The van der Waals surface area contributed by atoms with E-state index in [0.717, 1.165) is 0 Å². The summed E-state index contributed by atoms with van der Waals surface area (Å²) in [6, 6.07) is 7.10. The van der Waals surface area contributed by atoms with Gasteiger partial charge in [-0.15, -0.1) is 5.10 Å². The Balaban J connectivity index is 2.20. The number of carbonyl (C=O) groups is 2. The fourth-order valence-corrected chi connectivity index (χ4v) is 2.60. The van der Waals surface area contributed by atoms with E-state index in [-0.39, 0.29) is 11.9 Å². The van der Waals surface area contributed by atoms with Gasteiger partial charge < -0.3 is 10.1 Å². The molecule has 9 heteroatoms. The minimum atomic E-state index is -0.432. The van der Waals surface area contributed by atoms with Gasteiger partial charge in [-0.3, -0.25) is 9.59 Å². The summed E-state index contributed by atoms with van der Waals surface area (Å²) < 4.78 is 6.48. The maximum atomic E-state index is 11.7. The molecular weight excluding hydrogens is 318 g/mol. The van der Waals surface area contributed by atoms with Gasteiger partial charge in [0.2, 0.25) is 11.1 Å². The number of nitrogens with one attached hydrogen (secondary N) is 1. The van der Waals surface area contributed by atoms with Crippen molar-refractivity contribution in [2.24, 2.45) is 0 Å². The highest BCUT2D eigenvalue weighted by Gasteiger charge is 2.20. The van der Waals surface area contributed by atoms with Crippen molar-refractivity contribution in [3.8, 4) is 5.69 Å². The molecule has 1 amide bonds. The van der Waals surface area contributed by atoms with E-state index >= 15 is 0 Å². The number of benzene rings is 1. The van der Waals surface area contributed by atoms with E-state index in [4.69, 9.17) is 4.74 Å². The van der Waals surface area contributed by atoms with Crippen LogP contribution < -0.4 is 5.32 Å². The first-order valence-corrected chi connectivity index (χ1v) is 7.89. The molecule has 122 valence electrons. The van der Waals surface area contributed by atoms with Crippen LogP contribution in [-0.4, -0.2) is 43.9 Å². The highest BCUT2D eigenvalue weighted by molar-refractivity contribution is 8.00. The van der Waals surface area contributed by atoms with Crippen LogP contribution in [0.25, 0.3) is 5.69 Å². The fourth-order valence-electron chi connectivity index (χ4n) is 1.80. The molecule has 1 atom stereocenters. The zero-order valence-corrected chi connectivity index (χ0v) is 13.8. The largest absolute Gasteiger partial charge is 0.465 e. The molecule has 0 saturated heterocycles. The van der Waals surface area contributed by atoms with Crippen molar-refractivity contribution in [2.45, 2.75) is 31.2 Å². The molecule has 0 radical (unpaired) electrons.